The SMILES string of the molecule is Cc1nc(C(=O)N2CC3CCCC3(COc3ncc(F)cn3)C2)cs1. The zero-order valence-corrected chi connectivity index (χ0v) is 14.8. The van der Waals surface area contributed by atoms with Crippen LogP contribution in [0, 0.1) is 24.1 Å². The van der Waals surface area contributed by atoms with Crippen molar-refractivity contribution in [2.75, 3.05) is 19.7 Å². The van der Waals surface area contributed by atoms with Crippen LogP contribution in [-0.2, 0) is 0 Å². The third-order valence-corrected chi connectivity index (χ3v) is 6.02. The number of aryl methyl sites for hydroxylation is 1. The quantitative estimate of drug-likeness (QED) is 0.836. The number of nitrogens with zero attached hydrogens (tertiary/aromatic N) is 4. The summed E-state index contributed by atoms with van der Waals surface area (Å²) in [5, 5.41) is 2.72. The van der Waals surface area contributed by atoms with E-state index in [9.17, 15) is 9.18 Å². The van der Waals surface area contributed by atoms with E-state index in [-0.39, 0.29) is 17.3 Å². The molecule has 0 N–H and O–H groups in total. The highest BCUT2D eigenvalue weighted by molar-refractivity contribution is 7.09. The Bertz CT molecular complexity index is 781. The molecule has 1 saturated carbocycles. The van der Waals surface area contributed by atoms with Gasteiger partial charge in [-0.15, -0.1) is 11.3 Å². The fraction of sp³-hybridized carbons (Fsp3) is 0.529. The summed E-state index contributed by atoms with van der Waals surface area (Å²) in [6, 6.07) is 0.182. The van der Waals surface area contributed by atoms with Gasteiger partial charge in [0, 0.05) is 23.9 Å². The minimum Gasteiger partial charge on any atom is -0.463 e. The van der Waals surface area contributed by atoms with E-state index in [1.54, 1.807) is 0 Å². The van der Waals surface area contributed by atoms with E-state index in [2.05, 4.69) is 15.0 Å². The molecule has 2 unspecified atom stereocenters. The molecule has 0 bridgehead atoms. The van der Waals surface area contributed by atoms with Crippen molar-refractivity contribution in [1.82, 2.24) is 19.9 Å². The molecule has 2 fully saturated rings. The molecule has 0 radical (unpaired) electrons. The van der Waals surface area contributed by atoms with Crippen molar-refractivity contribution in [3.8, 4) is 6.01 Å². The molecule has 4 rings (SSSR count). The number of carbonyl (C=O) groups is 1. The summed E-state index contributed by atoms with van der Waals surface area (Å²) < 4.78 is 18.7. The van der Waals surface area contributed by atoms with Gasteiger partial charge in [0.2, 0.25) is 0 Å². The molecule has 25 heavy (non-hydrogen) atoms. The number of ether oxygens (including phenoxy) is 1. The van der Waals surface area contributed by atoms with Crippen molar-refractivity contribution in [1.29, 1.82) is 0 Å². The first-order valence-corrected chi connectivity index (χ1v) is 9.25. The fourth-order valence-electron chi connectivity index (χ4n) is 4.01. The average molecular weight is 362 g/mol. The van der Waals surface area contributed by atoms with E-state index in [4.69, 9.17) is 4.74 Å². The second-order valence-electron chi connectivity index (χ2n) is 6.86. The maximum absolute atomic E-state index is 12.9. The Morgan fingerprint density at radius 1 is 1.48 bits per heavy atom. The molecule has 1 aliphatic heterocycles. The van der Waals surface area contributed by atoms with E-state index in [0.29, 0.717) is 24.8 Å². The molecule has 8 heteroatoms. The Balaban J connectivity index is 1.46. The number of halogens is 1. The third kappa shape index (κ3) is 3.10. The predicted octanol–water partition coefficient (Wildman–Crippen LogP) is 2.70. The lowest BCUT2D eigenvalue weighted by Crippen LogP contribution is -2.36. The number of fused-ring (bicyclic) bond motifs is 1. The number of thiazole rings is 1. The van der Waals surface area contributed by atoms with E-state index in [1.165, 1.54) is 11.3 Å². The van der Waals surface area contributed by atoms with Gasteiger partial charge in [-0.2, -0.15) is 0 Å². The van der Waals surface area contributed by atoms with Gasteiger partial charge in [0.25, 0.3) is 5.91 Å². The molecule has 1 amide bonds. The first kappa shape index (κ1) is 16.4. The first-order valence-electron chi connectivity index (χ1n) is 8.37. The number of hydrogen-bond donors (Lipinski definition) is 0. The summed E-state index contributed by atoms with van der Waals surface area (Å²) in [4.78, 5) is 26.6. The van der Waals surface area contributed by atoms with Gasteiger partial charge in [0.15, 0.2) is 5.82 Å². The molecule has 6 nitrogen and oxygen atoms in total. The maximum Gasteiger partial charge on any atom is 0.316 e. The Morgan fingerprint density at radius 3 is 3.00 bits per heavy atom. The van der Waals surface area contributed by atoms with Crippen molar-refractivity contribution in [3.63, 3.8) is 0 Å². The largest absolute Gasteiger partial charge is 0.463 e. The Labute approximate surface area is 149 Å². The highest BCUT2D eigenvalue weighted by Gasteiger charge is 2.51. The van der Waals surface area contributed by atoms with Crippen molar-refractivity contribution < 1.29 is 13.9 Å². The van der Waals surface area contributed by atoms with Crippen LogP contribution < -0.4 is 4.74 Å². The second-order valence-corrected chi connectivity index (χ2v) is 7.92. The van der Waals surface area contributed by atoms with Crippen LogP contribution in [0.4, 0.5) is 4.39 Å². The molecule has 1 saturated heterocycles. The van der Waals surface area contributed by atoms with Crippen LogP contribution in [0.25, 0.3) is 0 Å². The van der Waals surface area contributed by atoms with Crippen molar-refractivity contribution in [2.24, 2.45) is 11.3 Å². The average Bonchev–Trinajstić information content (AvgIpc) is 3.27. The summed E-state index contributed by atoms with van der Waals surface area (Å²) in [6.45, 7) is 3.75. The van der Waals surface area contributed by atoms with Gasteiger partial charge >= 0.3 is 6.01 Å². The zero-order chi connectivity index (χ0) is 17.4. The molecule has 2 aliphatic rings. The van der Waals surface area contributed by atoms with Gasteiger partial charge in [-0.25, -0.2) is 19.3 Å². The molecule has 132 valence electrons. The van der Waals surface area contributed by atoms with E-state index >= 15 is 0 Å². The normalized spacial score (nSPS) is 25.2. The molecule has 0 spiro atoms. The van der Waals surface area contributed by atoms with Gasteiger partial charge in [-0.3, -0.25) is 4.79 Å². The standard InChI is InChI=1S/C17H19FN4O2S/c1-11-21-14(8-25-11)15(23)22-7-12-3-2-4-17(12,9-22)10-24-16-19-5-13(18)6-20-16/h5-6,8,12H,2-4,7,9-10H2,1H3. The van der Waals surface area contributed by atoms with E-state index in [1.807, 2.05) is 17.2 Å². The lowest BCUT2D eigenvalue weighted by atomic mass is 9.82. The molecule has 0 aromatic carbocycles. The van der Waals surface area contributed by atoms with Crippen LogP contribution in [0.1, 0.15) is 34.8 Å². The fourth-order valence-corrected chi connectivity index (χ4v) is 4.60. The highest BCUT2D eigenvalue weighted by atomic mass is 32.1. The second kappa shape index (κ2) is 6.33. The van der Waals surface area contributed by atoms with Crippen molar-refractivity contribution >= 4 is 17.2 Å². The summed E-state index contributed by atoms with van der Waals surface area (Å²) in [5.41, 5.74) is 0.457. The molecule has 2 aromatic heterocycles. The van der Waals surface area contributed by atoms with Gasteiger partial charge in [0.1, 0.15) is 5.69 Å². The number of likely N-dealkylation sites (tertiary alicyclic amines) is 1. The van der Waals surface area contributed by atoms with Gasteiger partial charge in [-0.05, 0) is 25.7 Å². The number of aromatic nitrogens is 3. The predicted molar refractivity (Wildman–Crippen MR) is 90.0 cm³/mol. The lowest BCUT2D eigenvalue weighted by molar-refractivity contribution is 0.0737. The van der Waals surface area contributed by atoms with Crippen LogP contribution in [-0.4, -0.2) is 45.5 Å². The van der Waals surface area contributed by atoms with Crippen LogP contribution in [0.2, 0.25) is 0 Å². The number of rotatable bonds is 4. The van der Waals surface area contributed by atoms with Crippen LogP contribution in [0.3, 0.4) is 0 Å². The lowest BCUT2D eigenvalue weighted by Gasteiger charge is -2.28. The zero-order valence-electron chi connectivity index (χ0n) is 13.9. The minimum absolute atomic E-state index is 0.00356. The van der Waals surface area contributed by atoms with Crippen LogP contribution in [0.5, 0.6) is 6.01 Å². The van der Waals surface area contributed by atoms with E-state index < -0.39 is 5.82 Å². The molecule has 2 aromatic rings. The van der Waals surface area contributed by atoms with Crippen LogP contribution >= 0.6 is 11.3 Å². The summed E-state index contributed by atoms with van der Waals surface area (Å²) in [7, 11) is 0. The van der Waals surface area contributed by atoms with Gasteiger partial charge < -0.3 is 9.64 Å². The van der Waals surface area contributed by atoms with Gasteiger partial charge in [0.05, 0.1) is 24.0 Å². The van der Waals surface area contributed by atoms with E-state index in [0.717, 1.165) is 43.2 Å². The number of hydrogen-bond acceptors (Lipinski definition) is 6. The summed E-state index contributed by atoms with van der Waals surface area (Å²) in [6.07, 6.45) is 5.44. The molecular formula is C17H19FN4O2S. The van der Waals surface area contributed by atoms with Crippen molar-refractivity contribution in [2.45, 2.75) is 26.2 Å². The Morgan fingerprint density at radius 2 is 2.28 bits per heavy atom. The molecule has 3 heterocycles. The minimum atomic E-state index is -0.486. The maximum atomic E-state index is 12.9. The molecule has 2 atom stereocenters. The Hall–Kier alpha value is -2.09. The highest BCUT2D eigenvalue weighted by Crippen LogP contribution is 2.49. The molecule has 1 aliphatic carbocycles. The first-order chi connectivity index (χ1) is 12.1. The van der Waals surface area contributed by atoms with Crippen LogP contribution in [0.15, 0.2) is 17.8 Å². The molecular weight excluding hydrogens is 343 g/mol. The number of carbonyl (C=O) groups excluding carboxylic acids is 1. The third-order valence-electron chi connectivity index (χ3n) is 5.25. The van der Waals surface area contributed by atoms with Gasteiger partial charge in [-0.1, -0.05) is 6.42 Å². The number of amides is 1. The summed E-state index contributed by atoms with van der Waals surface area (Å²) in [5.74, 6) is -0.0757. The van der Waals surface area contributed by atoms with Crippen molar-refractivity contribution in [3.05, 3.63) is 34.3 Å². The monoisotopic (exact) mass is 362 g/mol. The Kier molecular flexibility index (Phi) is 4.15. The summed E-state index contributed by atoms with van der Waals surface area (Å²) >= 11 is 1.49. The smallest absolute Gasteiger partial charge is 0.316 e. The topological polar surface area (TPSA) is 68.2 Å².